The molecule has 2 rings (SSSR count). The minimum Gasteiger partial charge on any atom is -0.455 e. The van der Waals surface area contributed by atoms with E-state index in [0.717, 1.165) is 46.3 Å². The Morgan fingerprint density at radius 2 is 2.04 bits per heavy atom. The number of ether oxygens (including phenoxy) is 1. The van der Waals surface area contributed by atoms with Crippen LogP contribution in [-0.4, -0.2) is 41.7 Å². The molecule has 1 heterocycles. The van der Waals surface area contributed by atoms with Gasteiger partial charge in [-0.2, -0.15) is 0 Å². The third-order valence-electron chi connectivity index (χ3n) is 4.58. The molecule has 0 N–H and O–H groups in total. The number of hydrogen-bond donors (Lipinski definition) is 0. The summed E-state index contributed by atoms with van der Waals surface area (Å²) in [6.07, 6.45) is 4.21. The molecule has 4 nitrogen and oxygen atoms in total. The molecular formula is C19H26BrNO3S. The second kappa shape index (κ2) is 9.62. The number of nitrogens with zero attached hydrogens (tertiary/aromatic N) is 1. The second-order valence-electron chi connectivity index (χ2n) is 6.46. The maximum Gasteiger partial charge on any atom is 0.316 e. The normalized spacial score (nSPS) is 17.4. The molecule has 25 heavy (non-hydrogen) atoms. The minimum absolute atomic E-state index is 0.0689. The summed E-state index contributed by atoms with van der Waals surface area (Å²) in [6.45, 7) is 6.77. The number of esters is 1. The van der Waals surface area contributed by atoms with E-state index in [1.807, 2.05) is 24.8 Å². The summed E-state index contributed by atoms with van der Waals surface area (Å²) >= 11 is 4.96. The molecule has 1 amide bonds. The average Bonchev–Trinajstić information content (AvgIpc) is 2.61. The van der Waals surface area contributed by atoms with Gasteiger partial charge in [0.2, 0.25) is 0 Å². The van der Waals surface area contributed by atoms with E-state index in [0.29, 0.717) is 6.04 Å². The van der Waals surface area contributed by atoms with Crippen LogP contribution >= 0.6 is 27.7 Å². The Labute approximate surface area is 162 Å². The molecule has 0 unspecified atom stereocenters. The third kappa shape index (κ3) is 5.74. The minimum atomic E-state index is -0.344. The van der Waals surface area contributed by atoms with Gasteiger partial charge in [0.05, 0.1) is 5.75 Å². The predicted octanol–water partition coefficient (Wildman–Crippen LogP) is 4.49. The first-order valence-electron chi connectivity index (χ1n) is 8.77. The van der Waals surface area contributed by atoms with Gasteiger partial charge in [-0.1, -0.05) is 22.9 Å². The molecular weight excluding hydrogens is 402 g/mol. The van der Waals surface area contributed by atoms with E-state index in [1.54, 1.807) is 0 Å². The van der Waals surface area contributed by atoms with Gasteiger partial charge in [0.15, 0.2) is 6.61 Å². The van der Waals surface area contributed by atoms with Gasteiger partial charge in [0.1, 0.15) is 0 Å². The number of piperidine rings is 1. The number of rotatable bonds is 6. The third-order valence-corrected chi connectivity index (χ3v) is 6.56. The highest BCUT2D eigenvalue weighted by atomic mass is 79.9. The molecule has 0 radical (unpaired) electrons. The molecule has 1 aliphatic rings. The van der Waals surface area contributed by atoms with Crippen LogP contribution < -0.4 is 0 Å². The Kier molecular flexibility index (Phi) is 7.81. The quantitative estimate of drug-likeness (QED) is 0.495. The summed E-state index contributed by atoms with van der Waals surface area (Å²) in [5.74, 6) is -0.198. The molecule has 1 saturated heterocycles. The lowest BCUT2D eigenvalue weighted by Gasteiger charge is -2.35. The first kappa shape index (κ1) is 20.3. The zero-order chi connectivity index (χ0) is 18.4. The van der Waals surface area contributed by atoms with E-state index in [4.69, 9.17) is 4.74 Å². The highest BCUT2D eigenvalue weighted by Crippen LogP contribution is 2.28. The van der Waals surface area contributed by atoms with Crippen LogP contribution in [0.4, 0.5) is 0 Å². The lowest BCUT2D eigenvalue weighted by atomic mass is 10.00. The van der Waals surface area contributed by atoms with Crippen LogP contribution in [0.15, 0.2) is 21.5 Å². The zero-order valence-corrected chi connectivity index (χ0v) is 17.5. The van der Waals surface area contributed by atoms with E-state index in [-0.39, 0.29) is 24.2 Å². The van der Waals surface area contributed by atoms with Gasteiger partial charge in [-0.15, -0.1) is 11.8 Å². The van der Waals surface area contributed by atoms with E-state index in [2.05, 4.69) is 28.9 Å². The van der Waals surface area contributed by atoms with Gasteiger partial charge in [-0.25, -0.2) is 0 Å². The number of amides is 1. The largest absolute Gasteiger partial charge is 0.455 e. The molecule has 1 atom stereocenters. The Bertz CT molecular complexity index is 635. The van der Waals surface area contributed by atoms with Crippen molar-refractivity contribution in [3.8, 4) is 0 Å². The summed E-state index contributed by atoms with van der Waals surface area (Å²) in [7, 11) is 0. The second-order valence-corrected chi connectivity index (χ2v) is 8.33. The maximum absolute atomic E-state index is 12.3. The van der Waals surface area contributed by atoms with Gasteiger partial charge in [-0.05, 0) is 62.8 Å². The molecule has 0 aliphatic carbocycles. The van der Waals surface area contributed by atoms with E-state index >= 15 is 0 Å². The molecule has 1 fully saturated rings. The van der Waals surface area contributed by atoms with Crippen molar-refractivity contribution in [1.29, 1.82) is 0 Å². The first-order chi connectivity index (χ1) is 11.9. The van der Waals surface area contributed by atoms with Gasteiger partial charge in [0.25, 0.3) is 5.91 Å². The van der Waals surface area contributed by atoms with Crippen molar-refractivity contribution in [1.82, 2.24) is 4.90 Å². The van der Waals surface area contributed by atoms with Crippen LogP contribution in [0.5, 0.6) is 0 Å². The van der Waals surface area contributed by atoms with Gasteiger partial charge in [0, 0.05) is 22.0 Å². The van der Waals surface area contributed by atoms with Crippen LogP contribution in [0.25, 0.3) is 0 Å². The molecule has 0 bridgehead atoms. The fraction of sp³-hybridized carbons (Fsp3) is 0.579. The van der Waals surface area contributed by atoms with E-state index < -0.39 is 0 Å². The first-order valence-corrected chi connectivity index (χ1v) is 10.5. The molecule has 0 aromatic heterocycles. The zero-order valence-electron chi connectivity index (χ0n) is 15.1. The van der Waals surface area contributed by atoms with Crippen molar-refractivity contribution in [2.75, 3.05) is 18.9 Å². The smallest absolute Gasteiger partial charge is 0.316 e. The summed E-state index contributed by atoms with van der Waals surface area (Å²) in [4.78, 5) is 27.3. The molecule has 6 heteroatoms. The summed E-state index contributed by atoms with van der Waals surface area (Å²) in [5.41, 5.74) is 2.25. The maximum atomic E-state index is 12.3. The van der Waals surface area contributed by atoms with Gasteiger partial charge in [-0.3, -0.25) is 9.59 Å². The van der Waals surface area contributed by atoms with Crippen LogP contribution in [0, 0.1) is 13.8 Å². The van der Waals surface area contributed by atoms with Crippen molar-refractivity contribution >= 4 is 39.6 Å². The molecule has 0 spiro atoms. The predicted molar refractivity (Wildman–Crippen MR) is 105 cm³/mol. The summed E-state index contributed by atoms with van der Waals surface area (Å²) < 4.78 is 6.27. The van der Waals surface area contributed by atoms with Crippen LogP contribution in [0.2, 0.25) is 0 Å². The number of thioether (sulfide) groups is 1. The number of halogens is 1. The fourth-order valence-corrected chi connectivity index (χ4v) is 4.43. The van der Waals surface area contributed by atoms with Crippen molar-refractivity contribution < 1.29 is 14.3 Å². The van der Waals surface area contributed by atoms with Crippen LogP contribution in [0.3, 0.4) is 0 Å². The van der Waals surface area contributed by atoms with Crippen molar-refractivity contribution in [3.05, 3.63) is 27.7 Å². The number of carbonyl (C=O) groups is 2. The van der Waals surface area contributed by atoms with Crippen LogP contribution in [0.1, 0.15) is 43.7 Å². The van der Waals surface area contributed by atoms with Gasteiger partial charge < -0.3 is 9.64 Å². The monoisotopic (exact) mass is 427 g/mol. The van der Waals surface area contributed by atoms with E-state index in [9.17, 15) is 9.59 Å². The molecule has 138 valence electrons. The Morgan fingerprint density at radius 1 is 1.28 bits per heavy atom. The fourth-order valence-electron chi connectivity index (χ4n) is 3.07. The number of hydrogen-bond acceptors (Lipinski definition) is 4. The molecule has 1 aromatic rings. The molecule has 1 aromatic carbocycles. The van der Waals surface area contributed by atoms with Gasteiger partial charge >= 0.3 is 5.97 Å². The number of carbonyl (C=O) groups excluding carboxylic acids is 2. The molecule has 1 aliphatic heterocycles. The number of benzene rings is 1. The van der Waals surface area contributed by atoms with Crippen LogP contribution in [-0.2, 0) is 14.3 Å². The van der Waals surface area contributed by atoms with Crippen molar-refractivity contribution in [2.24, 2.45) is 0 Å². The Morgan fingerprint density at radius 3 is 2.76 bits per heavy atom. The Hall–Kier alpha value is -1.01. The number of aryl methyl sites for hydroxylation is 2. The summed E-state index contributed by atoms with van der Waals surface area (Å²) in [5, 5.41) is 0. The summed E-state index contributed by atoms with van der Waals surface area (Å²) in [6, 6.07) is 4.40. The molecule has 0 saturated carbocycles. The standard InChI is InChI=1S/C19H26BrNO3S/c1-4-15-7-5-6-8-21(15)18(22)11-24-19(23)12-25-17-10-13(2)16(20)9-14(17)3/h9-10,15H,4-8,11-12H2,1-3H3/t15-/m0/s1. The van der Waals surface area contributed by atoms with E-state index in [1.165, 1.54) is 18.2 Å². The highest BCUT2D eigenvalue weighted by molar-refractivity contribution is 9.10. The SMILES string of the molecule is CC[C@H]1CCCCN1C(=O)COC(=O)CSc1cc(C)c(Br)cc1C. The van der Waals surface area contributed by atoms with Crippen molar-refractivity contribution in [3.63, 3.8) is 0 Å². The Balaban J connectivity index is 1.80. The van der Waals surface area contributed by atoms with Crippen molar-refractivity contribution in [2.45, 2.75) is 57.4 Å². The average molecular weight is 428 g/mol. The lowest BCUT2D eigenvalue weighted by Crippen LogP contribution is -2.45. The number of likely N-dealkylation sites (tertiary alicyclic amines) is 1. The lowest BCUT2D eigenvalue weighted by molar-refractivity contribution is -0.151. The highest BCUT2D eigenvalue weighted by Gasteiger charge is 2.25. The topological polar surface area (TPSA) is 46.6 Å².